The molecule has 2 saturated carbocycles. The van der Waals surface area contributed by atoms with Crippen molar-refractivity contribution >= 4 is 11.7 Å². The molecule has 0 aromatic carbocycles. The Labute approximate surface area is 113 Å². The van der Waals surface area contributed by atoms with Gasteiger partial charge < -0.3 is 9.88 Å². The number of nitrogens with zero attached hydrogens (tertiary/aromatic N) is 1. The third-order valence-electron chi connectivity index (χ3n) is 4.20. The summed E-state index contributed by atoms with van der Waals surface area (Å²) < 4.78 is 1.74. The largest absolute Gasteiger partial charge is 0.347 e. The topological polar surface area (TPSA) is 51.1 Å². The Morgan fingerprint density at radius 1 is 1.26 bits per heavy atom. The number of carbonyl (C=O) groups is 2. The molecule has 1 aromatic rings. The summed E-state index contributed by atoms with van der Waals surface area (Å²) in [6.45, 7) is 1.52. The predicted octanol–water partition coefficient (Wildman–Crippen LogP) is 2.15. The van der Waals surface area contributed by atoms with Crippen LogP contribution in [0.2, 0.25) is 0 Å². The average molecular weight is 260 g/mol. The van der Waals surface area contributed by atoms with E-state index in [0.717, 1.165) is 0 Å². The van der Waals surface area contributed by atoms with Crippen molar-refractivity contribution in [2.24, 2.45) is 18.9 Å². The lowest BCUT2D eigenvalue weighted by atomic mass is 10.1. The summed E-state index contributed by atoms with van der Waals surface area (Å²) in [6.07, 6.45) is 6.70. The summed E-state index contributed by atoms with van der Waals surface area (Å²) in [5, 5.41) is 3.18. The molecule has 0 radical (unpaired) electrons. The number of aryl methyl sites for hydroxylation is 1. The standard InChI is InChI=1S/C15H20N2O2/c1-9(18)12-7-13(17(2)8-12)15(19)16-14(10-3-4-10)11-5-6-11/h7-8,10-11,14H,3-6H2,1-2H3,(H,16,19). The second-order valence-corrected chi connectivity index (χ2v) is 5.96. The van der Waals surface area contributed by atoms with Gasteiger partial charge in [0.25, 0.3) is 5.91 Å². The number of aromatic nitrogens is 1. The molecule has 19 heavy (non-hydrogen) atoms. The molecule has 1 heterocycles. The van der Waals surface area contributed by atoms with E-state index in [1.165, 1.54) is 32.6 Å². The molecule has 1 aromatic heterocycles. The Morgan fingerprint density at radius 2 is 1.84 bits per heavy atom. The van der Waals surface area contributed by atoms with Crippen LogP contribution in [0.4, 0.5) is 0 Å². The van der Waals surface area contributed by atoms with E-state index in [-0.39, 0.29) is 11.7 Å². The number of nitrogens with one attached hydrogen (secondary N) is 1. The molecule has 0 aliphatic heterocycles. The van der Waals surface area contributed by atoms with Crippen LogP contribution < -0.4 is 5.32 Å². The normalized spacial score (nSPS) is 18.7. The lowest BCUT2D eigenvalue weighted by molar-refractivity contribution is 0.0918. The Balaban J connectivity index is 1.73. The molecule has 3 rings (SSSR count). The number of amides is 1. The fourth-order valence-corrected chi connectivity index (χ4v) is 2.74. The first-order chi connectivity index (χ1) is 9.06. The number of carbonyl (C=O) groups excluding carboxylic acids is 2. The van der Waals surface area contributed by atoms with E-state index in [9.17, 15) is 9.59 Å². The van der Waals surface area contributed by atoms with Gasteiger partial charge in [-0.25, -0.2) is 0 Å². The van der Waals surface area contributed by atoms with E-state index in [0.29, 0.717) is 29.1 Å². The van der Waals surface area contributed by atoms with Gasteiger partial charge >= 0.3 is 0 Å². The van der Waals surface area contributed by atoms with Gasteiger partial charge in [0, 0.05) is 24.8 Å². The quantitative estimate of drug-likeness (QED) is 0.825. The molecule has 4 nitrogen and oxygen atoms in total. The maximum absolute atomic E-state index is 12.3. The SMILES string of the molecule is CC(=O)c1cc(C(=O)NC(C2CC2)C2CC2)n(C)c1. The van der Waals surface area contributed by atoms with Gasteiger partial charge in [0.1, 0.15) is 5.69 Å². The van der Waals surface area contributed by atoms with Crippen LogP contribution in [0.15, 0.2) is 12.3 Å². The lowest BCUT2D eigenvalue weighted by Crippen LogP contribution is -2.38. The summed E-state index contributed by atoms with van der Waals surface area (Å²) in [7, 11) is 1.81. The maximum Gasteiger partial charge on any atom is 0.268 e. The van der Waals surface area contributed by atoms with E-state index in [2.05, 4.69) is 5.32 Å². The van der Waals surface area contributed by atoms with Crippen LogP contribution in [-0.4, -0.2) is 22.3 Å². The van der Waals surface area contributed by atoms with Gasteiger partial charge in [-0.2, -0.15) is 0 Å². The first kappa shape index (κ1) is 12.5. The zero-order valence-electron chi connectivity index (χ0n) is 11.5. The molecule has 2 aliphatic rings. The molecule has 1 N–H and O–H groups in total. The van der Waals surface area contributed by atoms with Gasteiger partial charge in [0.2, 0.25) is 0 Å². The Morgan fingerprint density at radius 3 is 2.26 bits per heavy atom. The molecule has 0 atom stereocenters. The minimum Gasteiger partial charge on any atom is -0.347 e. The molecule has 4 heteroatoms. The number of ketones is 1. The minimum absolute atomic E-state index is 0.00409. The van der Waals surface area contributed by atoms with Crippen LogP contribution in [0.1, 0.15) is 53.5 Å². The fourth-order valence-electron chi connectivity index (χ4n) is 2.74. The third kappa shape index (κ3) is 2.57. The Bertz CT molecular complexity index is 512. The fraction of sp³-hybridized carbons (Fsp3) is 0.600. The van der Waals surface area contributed by atoms with E-state index in [1.54, 1.807) is 16.8 Å². The van der Waals surface area contributed by atoms with Crippen LogP contribution in [0, 0.1) is 11.8 Å². The highest BCUT2D eigenvalue weighted by Gasteiger charge is 2.42. The molecule has 2 fully saturated rings. The van der Waals surface area contributed by atoms with Crippen molar-refractivity contribution in [3.05, 3.63) is 23.5 Å². The highest BCUT2D eigenvalue weighted by molar-refractivity contribution is 5.99. The molecule has 0 spiro atoms. The van der Waals surface area contributed by atoms with E-state index in [4.69, 9.17) is 0 Å². The van der Waals surface area contributed by atoms with Crippen molar-refractivity contribution in [2.45, 2.75) is 38.6 Å². The van der Waals surface area contributed by atoms with Gasteiger partial charge in [-0.1, -0.05) is 0 Å². The lowest BCUT2D eigenvalue weighted by Gasteiger charge is -2.17. The van der Waals surface area contributed by atoms with Crippen LogP contribution in [0.3, 0.4) is 0 Å². The van der Waals surface area contributed by atoms with Gasteiger partial charge in [-0.15, -0.1) is 0 Å². The first-order valence-corrected chi connectivity index (χ1v) is 7.04. The van der Waals surface area contributed by atoms with Gasteiger partial charge in [0.05, 0.1) is 0 Å². The maximum atomic E-state index is 12.3. The molecule has 2 aliphatic carbocycles. The second-order valence-electron chi connectivity index (χ2n) is 5.96. The Kier molecular flexibility index (Phi) is 2.96. The summed E-state index contributed by atoms with van der Waals surface area (Å²) in [5.74, 6) is 1.32. The summed E-state index contributed by atoms with van der Waals surface area (Å²) in [6, 6.07) is 2.04. The van der Waals surface area contributed by atoms with E-state index in [1.807, 2.05) is 7.05 Å². The van der Waals surface area contributed by atoms with Crippen LogP contribution in [0.5, 0.6) is 0 Å². The third-order valence-corrected chi connectivity index (χ3v) is 4.20. The van der Waals surface area contributed by atoms with Crippen molar-refractivity contribution in [2.75, 3.05) is 0 Å². The van der Waals surface area contributed by atoms with Crippen LogP contribution in [-0.2, 0) is 7.05 Å². The zero-order chi connectivity index (χ0) is 13.6. The molecule has 102 valence electrons. The van der Waals surface area contributed by atoms with Gasteiger partial charge in [0.15, 0.2) is 5.78 Å². The molecular weight excluding hydrogens is 240 g/mol. The van der Waals surface area contributed by atoms with E-state index < -0.39 is 0 Å². The minimum atomic E-state index is -0.0428. The number of rotatable bonds is 5. The van der Waals surface area contributed by atoms with E-state index >= 15 is 0 Å². The van der Waals surface area contributed by atoms with Crippen LogP contribution in [0.25, 0.3) is 0 Å². The Hall–Kier alpha value is -1.58. The van der Waals surface area contributed by atoms with Crippen molar-refractivity contribution in [3.63, 3.8) is 0 Å². The molecular formula is C15H20N2O2. The summed E-state index contributed by atoms with van der Waals surface area (Å²) >= 11 is 0. The van der Waals surface area contributed by atoms with Crippen molar-refractivity contribution < 1.29 is 9.59 Å². The van der Waals surface area contributed by atoms with Crippen molar-refractivity contribution in [1.82, 2.24) is 9.88 Å². The summed E-state index contributed by atoms with van der Waals surface area (Å²) in [4.78, 5) is 23.7. The highest BCUT2D eigenvalue weighted by Crippen LogP contribution is 2.44. The number of hydrogen-bond acceptors (Lipinski definition) is 2. The molecule has 1 amide bonds. The highest BCUT2D eigenvalue weighted by atomic mass is 16.2. The number of Topliss-reactive ketones (excluding diaryl/α,β-unsaturated/α-hetero) is 1. The zero-order valence-corrected chi connectivity index (χ0v) is 11.5. The van der Waals surface area contributed by atoms with Gasteiger partial charge in [-0.3, -0.25) is 9.59 Å². The summed E-state index contributed by atoms with van der Waals surface area (Å²) in [5.41, 5.74) is 1.18. The van der Waals surface area contributed by atoms with Gasteiger partial charge in [-0.05, 0) is 50.5 Å². The predicted molar refractivity (Wildman–Crippen MR) is 72.1 cm³/mol. The van der Waals surface area contributed by atoms with Crippen molar-refractivity contribution in [1.29, 1.82) is 0 Å². The number of hydrogen-bond donors (Lipinski definition) is 1. The molecule has 0 unspecified atom stereocenters. The average Bonchev–Trinajstić information content (AvgIpc) is 3.23. The monoisotopic (exact) mass is 260 g/mol. The second kappa shape index (κ2) is 4.51. The molecule has 0 saturated heterocycles. The van der Waals surface area contributed by atoms with Crippen molar-refractivity contribution in [3.8, 4) is 0 Å². The molecule has 0 bridgehead atoms. The smallest absolute Gasteiger partial charge is 0.268 e. The first-order valence-electron chi connectivity index (χ1n) is 7.04. The van der Waals surface area contributed by atoms with Crippen LogP contribution >= 0.6 is 0 Å².